The zero-order chi connectivity index (χ0) is 12.3. The molecule has 0 saturated carbocycles. The molecule has 0 aliphatic heterocycles. The van der Waals surface area contributed by atoms with Crippen molar-refractivity contribution < 1.29 is 13.5 Å². The van der Waals surface area contributed by atoms with Gasteiger partial charge >= 0.3 is 0 Å². The Morgan fingerprint density at radius 2 is 1.47 bits per heavy atom. The largest absolute Gasteiger partial charge is 0.373 e. The summed E-state index contributed by atoms with van der Waals surface area (Å²) in [4.78, 5) is 0. The van der Waals surface area contributed by atoms with Crippen molar-refractivity contribution >= 4 is 0 Å². The molecule has 0 fully saturated rings. The van der Waals surface area contributed by atoms with Crippen LogP contribution in [-0.4, -0.2) is 24.6 Å². The number of hydrogen-bond donors (Lipinski definition) is 0. The summed E-state index contributed by atoms with van der Waals surface area (Å²) in [6.45, 7) is 10.9. The number of rotatable bonds is 4. The Hall–Kier alpha value is -0.180. The Morgan fingerprint density at radius 1 is 1.00 bits per heavy atom. The molecule has 0 amide bonds. The van der Waals surface area contributed by atoms with Crippen LogP contribution in [0.25, 0.3) is 0 Å². The monoisotopic (exact) mass is 222 g/mol. The van der Waals surface area contributed by atoms with Crippen molar-refractivity contribution in [3.63, 3.8) is 0 Å². The van der Waals surface area contributed by atoms with Crippen molar-refractivity contribution in [2.75, 3.05) is 6.61 Å². The molecule has 0 aliphatic rings. The first-order valence-corrected chi connectivity index (χ1v) is 5.44. The number of ether oxygens (including phenoxy) is 1. The van der Waals surface area contributed by atoms with E-state index in [1.165, 1.54) is 0 Å². The maximum atomic E-state index is 13.5. The summed E-state index contributed by atoms with van der Waals surface area (Å²) in [7, 11) is 0. The highest BCUT2D eigenvalue weighted by atomic mass is 19.1. The fourth-order valence-electron chi connectivity index (χ4n) is 0.987. The quantitative estimate of drug-likeness (QED) is 0.700. The predicted molar refractivity (Wildman–Crippen MR) is 59.6 cm³/mol. The lowest BCUT2D eigenvalue weighted by molar-refractivity contribution is -0.0382. The Balaban J connectivity index is 3.89. The van der Waals surface area contributed by atoms with E-state index in [-0.39, 0.29) is 18.6 Å². The van der Waals surface area contributed by atoms with Gasteiger partial charge in [-0.1, -0.05) is 20.8 Å². The lowest BCUT2D eigenvalue weighted by Crippen LogP contribution is -2.29. The van der Waals surface area contributed by atoms with Gasteiger partial charge in [-0.15, -0.1) is 0 Å². The van der Waals surface area contributed by atoms with Crippen LogP contribution >= 0.6 is 0 Å². The summed E-state index contributed by atoms with van der Waals surface area (Å²) in [6, 6.07) is 0. The minimum Gasteiger partial charge on any atom is -0.373 e. The molecular weight excluding hydrogens is 198 g/mol. The molecule has 0 heterocycles. The Kier molecular flexibility index (Phi) is 5.18. The van der Waals surface area contributed by atoms with Gasteiger partial charge in [0.1, 0.15) is 12.3 Å². The molecule has 0 aromatic rings. The minimum atomic E-state index is -1.22. The van der Waals surface area contributed by atoms with E-state index in [9.17, 15) is 8.78 Å². The molecule has 0 radical (unpaired) electrons. The Morgan fingerprint density at radius 3 is 1.80 bits per heavy atom. The van der Waals surface area contributed by atoms with E-state index in [2.05, 4.69) is 0 Å². The van der Waals surface area contributed by atoms with Gasteiger partial charge in [0.15, 0.2) is 0 Å². The van der Waals surface area contributed by atoms with Crippen LogP contribution in [0.4, 0.5) is 8.78 Å². The maximum absolute atomic E-state index is 13.5. The smallest absolute Gasteiger partial charge is 0.126 e. The van der Waals surface area contributed by atoms with Crippen molar-refractivity contribution in [3.05, 3.63) is 0 Å². The van der Waals surface area contributed by atoms with Crippen LogP contribution in [0.3, 0.4) is 0 Å². The highest BCUT2D eigenvalue weighted by Crippen LogP contribution is 2.27. The zero-order valence-corrected chi connectivity index (χ0v) is 10.7. The standard InChI is InChI=1S/C12H24F2O/c1-11(2,3)10(14)7-9(13)8-15-12(4,5)6/h9-10H,7-8H2,1-6H3. The van der Waals surface area contributed by atoms with E-state index in [1.807, 2.05) is 20.8 Å². The maximum Gasteiger partial charge on any atom is 0.126 e. The summed E-state index contributed by atoms with van der Waals surface area (Å²) in [5.41, 5.74) is -0.857. The van der Waals surface area contributed by atoms with Crippen LogP contribution in [0.5, 0.6) is 0 Å². The molecule has 2 atom stereocenters. The second kappa shape index (κ2) is 5.24. The highest BCUT2D eigenvalue weighted by molar-refractivity contribution is 4.76. The average Bonchev–Trinajstić information content (AvgIpc) is 1.97. The normalized spacial score (nSPS) is 17.6. The molecule has 0 N–H and O–H groups in total. The number of alkyl halides is 2. The lowest BCUT2D eigenvalue weighted by atomic mass is 9.87. The first-order valence-electron chi connectivity index (χ1n) is 5.44. The molecule has 0 bridgehead atoms. The lowest BCUT2D eigenvalue weighted by Gasteiger charge is -2.26. The fourth-order valence-corrected chi connectivity index (χ4v) is 0.987. The molecule has 0 aliphatic carbocycles. The van der Waals surface area contributed by atoms with E-state index in [0.29, 0.717) is 0 Å². The minimum absolute atomic E-state index is 0.0278. The molecule has 3 heteroatoms. The van der Waals surface area contributed by atoms with Gasteiger partial charge in [0.2, 0.25) is 0 Å². The molecule has 1 nitrogen and oxygen atoms in total. The first-order chi connectivity index (χ1) is 6.52. The number of hydrogen-bond acceptors (Lipinski definition) is 1. The first kappa shape index (κ1) is 14.8. The van der Waals surface area contributed by atoms with Gasteiger partial charge in [-0.25, -0.2) is 8.78 Å². The summed E-state index contributed by atoms with van der Waals surface area (Å²) < 4.78 is 32.1. The second-order valence-electron chi connectivity index (χ2n) is 6.09. The van der Waals surface area contributed by atoms with Crippen molar-refractivity contribution in [3.8, 4) is 0 Å². The van der Waals surface area contributed by atoms with Crippen molar-refractivity contribution in [2.24, 2.45) is 5.41 Å². The van der Waals surface area contributed by atoms with Crippen LogP contribution in [0, 0.1) is 5.41 Å². The van der Waals surface area contributed by atoms with Crippen molar-refractivity contribution in [1.29, 1.82) is 0 Å². The van der Waals surface area contributed by atoms with E-state index >= 15 is 0 Å². The van der Waals surface area contributed by atoms with Gasteiger partial charge in [0.25, 0.3) is 0 Å². The SMILES string of the molecule is CC(C)(C)OCC(F)CC(F)C(C)(C)C. The third kappa shape index (κ3) is 7.71. The van der Waals surface area contributed by atoms with Gasteiger partial charge in [-0.2, -0.15) is 0 Å². The van der Waals surface area contributed by atoms with Gasteiger partial charge in [0, 0.05) is 6.42 Å². The van der Waals surface area contributed by atoms with E-state index in [1.54, 1.807) is 20.8 Å². The molecule has 15 heavy (non-hydrogen) atoms. The van der Waals surface area contributed by atoms with Crippen molar-refractivity contribution in [2.45, 2.75) is 65.9 Å². The molecule has 0 saturated heterocycles. The average molecular weight is 222 g/mol. The van der Waals surface area contributed by atoms with E-state index < -0.39 is 17.8 Å². The van der Waals surface area contributed by atoms with Crippen molar-refractivity contribution in [1.82, 2.24) is 0 Å². The van der Waals surface area contributed by atoms with Gasteiger partial charge in [-0.05, 0) is 26.2 Å². The summed E-state index contributed by atoms with van der Waals surface area (Å²) >= 11 is 0. The van der Waals surface area contributed by atoms with E-state index in [4.69, 9.17) is 4.74 Å². The van der Waals surface area contributed by atoms with Crippen LogP contribution in [0.1, 0.15) is 48.0 Å². The molecule has 0 spiro atoms. The molecular formula is C12H24F2O. The van der Waals surface area contributed by atoms with Crippen LogP contribution in [-0.2, 0) is 4.74 Å². The second-order valence-corrected chi connectivity index (χ2v) is 6.09. The molecule has 2 unspecified atom stereocenters. The number of halogens is 2. The molecule has 0 rings (SSSR count). The Bertz CT molecular complexity index is 179. The summed E-state index contributed by atoms with van der Waals surface area (Å²) in [6.07, 6.45) is -2.44. The Labute approximate surface area is 92.2 Å². The van der Waals surface area contributed by atoms with Gasteiger partial charge in [0.05, 0.1) is 12.2 Å². The third-order valence-electron chi connectivity index (χ3n) is 2.10. The molecule has 0 aromatic heterocycles. The fraction of sp³-hybridized carbons (Fsp3) is 1.00. The third-order valence-corrected chi connectivity index (χ3v) is 2.10. The molecule has 92 valence electrons. The van der Waals surface area contributed by atoms with E-state index in [0.717, 1.165) is 0 Å². The summed E-state index contributed by atoms with van der Waals surface area (Å²) in [5, 5.41) is 0. The topological polar surface area (TPSA) is 9.23 Å². The molecule has 0 aromatic carbocycles. The highest BCUT2D eigenvalue weighted by Gasteiger charge is 2.28. The summed E-state index contributed by atoms with van der Waals surface area (Å²) in [5.74, 6) is 0. The van der Waals surface area contributed by atoms with Crippen LogP contribution < -0.4 is 0 Å². The van der Waals surface area contributed by atoms with Crippen LogP contribution in [0.15, 0.2) is 0 Å². The zero-order valence-electron chi connectivity index (χ0n) is 10.7. The predicted octanol–water partition coefficient (Wildman–Crippen LogP) is 3.91. The van der Waals surface area contributed by atoms with Gasteiger partial charge in [-0.3, -0.25) is 0 Å². The van der Waals surface area contributed by atoms with Crippen LogP contribution in [0.2, 0.25) is 0 Å². The van der Waals surface area contributed by atoms with Gasteiger partial charge < -0.3 is 4.74 Å².